The summed E-state index contributed by atoms with van der Waals surface area (Å²) in [6.07, 6.45) is 6.20. The van der Waals surface area contributed by atoms with Crippen molar-refractivity contribution in [3.63, 3.8) is 0 Å². The monoisotopic (exact) mass is 382 g/mol. The Hall–Kier alpha value is -0.850. The summed E-state index contributed by atoms with van der Waals surface area (Å²) in [6.45, 7) is 14.7. The highest BCUT2D eigenvalue weighted by Gasteiger charge is 2.26. The van der Waals surface area contributed by atoms with E-state index in [1.54, 1.807) is 7.11 Å². The van der Waals surface area contributed by atoms with Crippen LogP contribution in [0, 0.1) is 5.92 Å². The smallest absolute Gasteiger partial charge is 0.193 e. The van der Waals surface area contributed by atoms with Gasteiger partial charge in [0.2, 0.25) is 0 Å². The Bertz CT molecular complexity index is 416. The van der Waals surface area contributed by atoms with Gasteiger partial charge in [-0.1, -0.05) is 13.8 Å². The average Bonchev–Trinajstić information content (AvgIpc) is 3.19. The van der Waals surface area contributed by atoms with E-state index in [1.165, 1.54) is 25.9 Å². The maximum atomic E-state index is 6.00. The number of methoxy groups -OCH3 is 1. The van der Waals surface area contributed by atoms with Crippen molar-refractivity contribution in [2.45, 2.75) is 65.0 Å². The first kappa shape index (κ1) is 22.4. The molecule has 2 heterocycles. The minimum Gasteiger partial charge on any atom is -0.385 e. The first-order chi connectivity index (χ1) is 13.2. The zero-order valence-electron chi connectivity index (χ0n) is 18.1. The highest BCUT2D eigenvalue weighted by Crippen LogP contribution is 2.19. The van der Waals surface area contributed by atoms with Crippen LogP contribution in [0.3, 0.4) is 0 Å². The van der Waals surface area contributed by atoms with Crippen LogP contribution in [-0.4, -0.2) is 87.5 Å². The molecule has 0 bridgehead atoms. The fraction of sp³-hybridized carbons (Fsp3) is 0.952. The minimum atomic E-state index is 0.383. The summed E-state index contributed by atoms with van der Waals surface area (Å²) in [6, 6.07) is 0.558. The number of likely N-dealkylation sites (tertiary alicyclic amines) is 2. The third-order valence-electron chi connectivity index (χ3n) is 5.73. The Morgan fingerprint density at radius 2 is 1.81 bits per heavy atom. The highest BCUT2D eigenvalue weighted by atomic mass is 16.5. The van der Waals surface area contributed by atoms with Crippen LogP contribution in [0.1, 0.15) is 52.9 Å². The van der Waals surface area contributed by atoms with Gasteiger partial charge in [0.05, 0.1) is 12.6 Å². The minimum absolute atomic E-state index is 0.383. The first-order valence-electron chi connectivity index (χ1n) is 11.0. The van der Waals surface area contributed by atoms with Gasteiger partial charge in [0.1, 0.15) is 0 Å². The predicted molar refractivity (Wildman–Crippen MR) is 112 cm³/mol. The largest absolute Gasteiger partial charge is 0.385 e. The molecule has 2 saturated heterocycles. The zero-order valence-corrected chi connectivity index (χ0v) is 18.1. The second kappa shape index (κ2) is 12.6. The van der Waals surface area contributed by atoms with Gasteiger partial charge in [0, 0.05) is 46.0 Å². The highest BCUT2D eigenvalue weighted by molar-refractivity contribution is 5.80. The van der Waals surface area contributed by atoms with E-state index in [0.29, 0.717) is 18.1 Å². The molecule has 0 aromatic carbocycles. The van der Waals surface area contributed by atoms with Crippen molar-refractivity contribution >= 4 is 5.96 Å². The number of aliphatic imine (C=N–C) groups is 1. The molecule has 0 amide bonds. The van der Waals surface area contributed by atoms with Crippen molar-refractivity contribution in [1.29, 1.82) is 0 Å². The van der Waals surface area contributed by atoms with Crippen LogP contribution in [0.4, 0.5) is 0 Å². The van der Waals surface area contributed by atoms with Gasteiger partial charge in [0.15, 0.2) is 5.96 Å². The number of nitrogens with one attached hydrogen (secondary N) is 1. The lowest BCUT2D eigenvalue weighted by molar-refractivity contribution is 0.00988. The fourth-order valence-corrected chi connectivity index (χ4v) is 4.11. The number of hydrogen-bond donors (Lipinski definition) is 1. The maximum Gasteiger partial charge on any atom is 0.193 e. The van der Waals surface area contributed by atoms with Crippen LogP contribution in [0.15, 0.2) is 4.99 Å². The van der Waals surface area contributed by atoms with E-state index in [0.717, 1.165) is 64.6 Å². The Morgan fingerprint density at radius 1 is 1.11 bits per heavy atom. The third kappa shape index (κ3) is 7.59. The summed E-state index contributed by atoms with van der Waals surface area (Å²) in [5.74, 6) is 1.72. The Kier molecular flexibility index (Phi) is 10.5. The molecule has 0 aromatic rings. The number of guanidine groups is 1. The molecule has 6 nitrogen and oxygen atoms in total. The van der Waals surface area contributed by atoms with Crippen LogP contribution in [0.5, 0.6) is 0 Å². The topological polar surface area (TPSA) is 49.3 Å². The van der Waals surface area contributed by atoms with Crippen molar-refractivity contribution in [3.05, 3.63) is 0 Å². The van der Waals surface area contributed by atoms with E-state index in [2.05, 4.69) is 35.9 Å². The Labute approximate surface area is 166 Å². The summed E-state index contributed by atoms with van der Waals surface area (Å²) in [5.41, 5.74) is 0. The number of nitrogens with zero attached hydrogens (tertiary/aromatic N) is 3. The Morgan fingerprint density at radius 3 is 2.41 bits per heavy atom. The quantitative estimate of drug-likeness (QED) is 0.358. The molecule has 0 aromatic heterocycles. The molecule has 2 aliphatic rings. The molecule has 27 heavy (non-hydrogen) atoms. The van der Waals surface area contributed by atoms with Gasteiger partial charge in [-0.05, 0) is 58.0 Å². The normalized spacial score (nSPS) is 21.2. The van der Waals surface area contributed by atoms with Crippen molar-refractivity contribution in [3.8, 4) is 0 Å². The molecule has 1 unspecified atom stereocenters. The van der Waals surface area contributed by atoms with E-state index >= 15 is 0 Å². The predicted octanol–water partition coefficient (Wildman–Crippen LogP) is 2.59. The second-order valence-electron chi connectivity index (χ2n) is 8.15. The van der Waals surface area contributed by atoms with Crippen molar-refractivity contribution < 1.29 is 9.47 Å². The molecule has 158 valence electrons. The second-order valence-corrected chi connectivity index (χ2v) is 8.15. The van der Waals surface area contributed by atoms with Crippen LogP contribution in [0.2, 0.25) is 0 Å². The van der Waals surface area contributed by atoms with E-state index in [1.807, 2.05) is 0 Å². The maximum absolute atomic E-state index is 6.00. The number of piperidine rings is 1. The third-order valence-corrected chi connectivity index (χ3v) is 5.73. The van der Waals surface area contributed by atoms with Gasteiger partial charge in [0.25, 0.3) is 0 Å². The van der Waals surface area contributed by atoms with E-state index in [4.69, 9.17) is 14.5 Å². The lowest BCUT2D eigenvalue weighted by Crippen LogP contribution is -2.48. The number of rotatable bonds is 10. The molecule has 6 heteroatoms. The summed E-state index contributed by atoms with van der Waals surface area (Å²) in [7, 11) is 1.74. The molecule has 2 aliphatic heterocycles. The van der Waals surface area contributed by atoms with Crippen molar-refractivity contribution in [1.82, 2.24) is 15.1 Å². The van der Waals surface area contributed by atoms with Gasteiger partial charge < -0.3 is 19.7 Å². The summed E-state index contributed by atoms with van der Waals surface area (Å²) >= 11 is 0. The molecular formula is C21H42N4O2. The molecule has 1 atom stereocenters. The Balaban J connectivity index is 1.84. The summed E-state index contributed by atoms with van der Waals surface area (Å²) in [4.78, 5) is 10.1. The SMILES string of the molecule is CCNC(=NCC(C(C)C)N1CCCC1)N1CCC(OCCCOC)CC1. The first-order valence-corrected chi connectivity index (χ1v) is 11.0. The number of hydrogen-bond acceptors (Lipinski definition) is 4. The van der Waals surface area contributed by atoms with Crippen LogP contribution in [-0.2, 0) is 9.47 Å². The molecule has 0 saturated carbocycles. The zero-order chi connectivity index (χ0) is 19.5. The van der Waals surface area contributed by atoms with E-state index in [-0.39, 0.29) is 0 Å². The van der Waals surface area contributed by atoms with E-state index in [9.17, 15) is 0 Å². The molecule has 0 radical (unpaired) electrons. The molecular weight excluding hydrogens is 340 g/mol. The van der Waals surface area contributed by atoms with Crippen molar-refractivity contribution in [2.24, 2.45) is 10.9 Å². The summed E-state index contributed by atoms with van der Waals surface area (Å²) in [5, 5.41) is 3.51. The molecule has 0 aliphatic carbocycles. The number of ether oxygens (including phenoxy) is 2. The van der Waals surface area contributed by atoms with Gasteiger partial charge in [-0.15, -0.1) is 0 Å². The van der Waals surface area contributed by atoms with Gasteiger partial charge in [-0.2, -0.15) is 0 Å². The van der Waals surface area contributed by atoms with Crippen LogP contribution >= 0.6 is 0 Å². The molecule has 1 N–H and O–H groups in total. The fourth-order valence-electron chi connectivity index (χ4n) is 4.11. The summed E-state index contributed by atoms with van der Waals surface area (Å²) < 4.78 is 11.1. The molecule has 2 rings (SSSR count). The van der Waals surface area contributed by atoms with E-state index < -0.39 is 0 Å². The van der Waals surface area contributed by atoms with Gasteiger partial charge in [-0.25, -0.2) is 0 Å². The lowest BCUT2D eigenvalue weighted by Gasteiger charge is -2.35. The van der Waals surface area contributed by atoms with Gasteiger partial charge in [-0.3, -0.25) is 9.89 Å². The van der Waals surface area contributed by atoms with Crippen LogP contribution < -0.4 is 5.32 Å². The van der Waals surface area contributed by atoms with Crippen molar-refractivity contribution in [2.75, 3.05) is 59.6 Å². The molecule has 2 fully saturated rings. The average molecular weight is 383 g/mol. The van der Waals surface area contributed by atoms with Gasteiger partial charge >= 0.3 is 0 Å². The lowest BCUT2D eigenvalue weighted by atomic mass is 10.0. The standard InChI is InChI=1S/C21H42N4O2/c1-5-22-21(23-17-20(18(2)3)24-11-6-7-12-24)25-13-9-19(10-14-25)27-16-8-15-26-4/h18-20H,5-17H2,1-4H3,(H,22,23). The van der Waals surface area contributed by atoms with Crippen LogP contribution in [0.25, 0.3) is 0 Å². The molecule has 0 spiro atoms.